The van der Waals surface area contributed by atoms with Crippen LogP contribution in [0.3, 0.4) is 0 Å². The first-order valence-corrected chi connectivity index (χ1v) is 8.85. The van der Waals surface area contributed by atoms with E-state index in [-0.39, 0.29) is 0 Å². The Hall–Kier alpha value is -1.79. The molecule has 24 heavy (non-hydrogen) atoms. The minimum atomic E-state index is 0.530. The lowest BCUT2D eigenvalue weighted by Crippen LogP contribution is -2.33. The molecular weight excluding hydrogens is 300 g/mol. The molecule has 0 atom stereocenters. The van der Waals surface area contributed by atoms with Crippen LogP contribution in [0, 0.1) is 0 Å². The van der Waals surface area contributed by atoms with Gasteiger partial charge < -0.3 is 9.47 Å². The van der Waals surface area contributed by atoms with Gasteiger partial charge in [0.2, 0.25) is 0 Å². The van der Waals surface area contributed by atoms with Gasteiger partial charge in [-0.25, -0.2) is 0 Å². The van der Waals surface area contributed by atoms with Gasteiger partial charge in [0, 0.05) is 31.4 Å². The minimum absolute atomic E-state index is 0.530. The highest BCUT2D eigenvalue weighted by atomic mass is 15.3. The molecule has 0 amide bonds. The second-order valence-electron chi connectivity index (χ2n) is 6.86. The Bertz CT molecular complexity index is 628. The molecule has 1 saturated heterocycles. The molecule has 2 aromatic heterocycles. The summed E-state index contributed by atoms with van der Waals surface area (Å²) in [5.74, 6) is 2.79. The molecule has 0 aliphatic carbocycles. The molecule has 1 aliphatic heterocycles. The van der Waals surface area contributed by atoms with Gasteiger partial charge in [-0.05, 0) is 64.6 Å². The Labute approximate surface area is 144 Å². The molecule has 0 aromatic carbocycles. The highest BCUT2D eigenvalue weighted by molar-refractivity contribution is 5.10. The van der Waals surface area contributed by atoms with Crippen LogP contribution in [-0.4, -0.2) is 56.7 Å². The molecule has 0 radical (unpaired) electrons. The summed E-state index contributed by atoms with van der Waals surface area (Å²) in [5.41, 5.74) is 1.34. The van der Waals surface area contributed by atoms with Crippen molar-refractivity contribution in [1.82, 2.24) is 29.5 Å². The fourth-order valence-corrected chi connectivity index (χ4v) is 3.49. The molecule has 0 unspecified atom stereocenters. The molecule has 0 saturated carbocycles. The first-order chi connectivity index (χ1) is 11.7. The van der Waals surface area contributed by atoms with Gasteiger partial charge in [0.25, 0.3) is 0 Å². The van der Waals surface area contributed by atoms with Gasteiger partial charge in [0.15, 0.2) is 0 Å². The molecule has 2 aromatic rings. The van der Waals surface area contributed by atoms with E-state index < -0.39 is 0 Å². The van der Waals surface area contributed by atoms with E-state index in [0.29, 0.717) is 5.92 Å². The van der Waals surface area contributed by atoms with E-state index >= 15 is 0 Å². The first-order valence-electron chi connectivity index (χ1n) is 8.85. The molecule has 0 N–H and O–H groups in total. The third kappa shape index (κ3) is 3.99. The van der Waals surface area contributed by atoms with Crippen LogP contribution >= 0.6 is 0 Å². The molecule has 3 heterocycles. The number of piperidine rings is 1. The van der Waals surface area contributed by atoms with Crippen LogP contribution in [0.15, 0.2) is 24.5 Å². The highest BCUT2D eigenvalue weighted by Gasteiger charge is 2.25. The Kier molecular flexibility index (Phi) is 5.58. The van der Waals surface area contributed by atoms with Crippen LogP contribution < -0.4 is 0 Å². The summed E-state index contributed by atoms with van der Waals surface area (Å²) in [6.07, 6.45) is 6.06. The third-order valence-corrected chi connectivity index (χ3v) is 4.74. The number of hydrogen-bond acceptors (Lipinski definition) is 5. The zero-order valence-corrected chi connectivity index (χ0v) is 15.0. The second kappa shape index (κ2) is 7.85. The van der Waals surface area contributed by atoms with Gasteiger partial charge in [0.1, 0.15) is 11.6 Å². The molecule has 3 rings (SSSR count). The standard InChI is InChI=1S/C18H28N6/c1-4-24-17(14-22(2)3)20-21-18(24)16-7-11-23(12-8-16)13-15-5-9-19-10-6-15/h5-6,9-10,16H,4,7-8,11-14H2,1-3H3. The lowest BCUT2D eigenvalue weighted by Gasteiger charge is -2.31. The number of nitrogens with zero attached hydrogens (tertiary/aromatic N) is 6. The van der Waals surface area contributed by atoms with Crippen molar-refractivity contribution in [2.24, 2.45) is 0 Å². The van der Waals surface area contributed by atoms with Crippen molar-refractivity contribution in [3.05, 3.63) is 41.7 Å². The van der Waals surface area contributed by atoms with Gasteiger partial charge >= 0.3 is 0 Å². The zero-order chi connectivity index (χ0) is 16.9. The average Bonchev–Trinajstić information content (AvgIpc) is 2.98. The van der Waals surface area contributed by atoms with E-state index in [0.717, 1.165) is 51.4 Å². The summed E-state index contributed by atoms with van der Waals surface area (Å²) in [4.78, 5) is 8.77. The van der Waals surface area contributed by atoms with Crippen LogP contribution in [0.25, 0.3) is 0 Å². The van der Waals surface area contributed by atoms with E-state index in [1.165, 1.54) is 11.4 Å². The fourth-order valence-electron chi connectivity index (χ4n) is 3.49. The predicted molar refractivity (Wildman–Crippen MR) is 94.6 cm³/mol. The molecule has 0 bridgehead atoms. The van der Waals surface area contributed by atoms with E-state index in [2.05, 4.69) is 62.7 Å². The highest BCUT2D eigenvalue weighted by Crippen LogP contribution is 2.28. The Morgan fingerprint density at radius 2 is 1.83 bits per heavy atom. The van der Waals surface area contributed by atoms with Gasteiger partial charge in [-0.1, -0.05) is 0 Å². The van der Waals surface area contributed by atoms with Gasteiger partial charge in [-0.3, -0.25) is 9.88 Å². The molecule has 6 nitrogen and oxygen atoms in total. The lowest BCUT2D eigenvalue weighted by molar-refractivity contribution is 0.200. The van der Waals surface area contributed by atoms with Crippen molar-refractivity contribution in [3.63, 3.8) is 0 Å². The van der Waals surface area contributed by atoms with Crippen molar-refractivity contribution in [1.29, 1.82) is 0 Å². The van der Waals surface area contributed by atoms with E-state index in [9.17, 15) is 0 Å². The lowest BCUT2D eigenvalue weighted by atomic mass is 9.95. The maximum atomic E-state index is 4.53. The molecular formula is C18H28N6. The van der Waals surface area contributed by atoms with Crippen LogP contribution in [0.2, 0.25) is 0 Å². The fraction of sp³-hybridized carbons (Fsp3) is 0.611. The molecule has 0 spiro atoms. The zero-order valence-electron chi connectivity index (χ0n) is 15.0. The van der Waals surface area contributed by atoms with Gasteiger partial charge in [-0.15, -0.1) is 10.2 Å². The summed E-state index contributed by atoms with van der Waals surface area (Å²) in [7, 11) is 4.15. The predicted octanol–water partition coefficient (Wildman–Crippen LogP) is 2.13. The number of likely N-dealkylation sites (tertiary alicyclic amines) is 1. The van der Waals surface area contributed by atoms with Crippen molar-refractivity contribution in [2.45, 2.75) is 45.3 Å². The Balaban J connectivity index is 1.61. The first kappa shape index (κ1) is 17.0. The summed E-state index contributed by atoms with van der Waals surface area (Å²) < 4.78 is 2.31. The monoisotopic (exact) mass is 328 g/mol. The summed E-state index contributed by atoms with van der Waals surface area (Å²) >= 11 is 0. The van der Waals surface area contributed by atoms with Crippen molar-refractivity contribution >= 4 is 0 Å². The van der Waals surface area contributed by atoms with Gasteiger partial charge in [0.05, 0.1) is 6.54 Å². The molecule has 130 valence electrons. The Morgan fingerprint density at radius 3 is 2.46 bits per heavy atom. The SMILES string of the molecule is CCn1c(CN(C)C)nnc1C1CCN(Cc2ccncc2)CC1. The maximum Gasteiger partial charge on any atom is 0.147 e. The number of rotatable bonds is 6. The normalized spacial score (nSPS) is 16.8. The van der Waals surface area contributed by atoms with E-state index in [1.54, 1.807) is 0 Å². The topological polar surface area (TPSA) is 50.1 Å². The van der Waals surface area contributed by atoms with Crippen molar-refractivity contribution in [2.75, 3.05) is 27.2 Å². The van der Waals surface area contributed by atoms with E-state index in [4.69, 9.17) is 0 Å². The van der Waals surface area contributed by atoms with Crippen LogP contribution in [0.1, 0.15) is 42.9 Å². The minimum Gasteiger partial charge on any atom is -0.314 e. The van der Waals surface area contributed by atoms with Crippen LogP contribution in [0.4, 0.5) is 0 Å². The smallest absolute Gasteiger partial charge is 0.147 e. The molecule has 6 heteroatoms. The number of aromatic nitrogens is 4. The summed E-state index contributed by atoms with van der Waals surface area (Å²) in [6, 6.07) is 4.21. The third-order valence-electron chi connectivity index (χ3n) is 4.74. The van der Waals surface area contributed by atoms with Crippen LogP contribution in [0.5, 0.6) is 0 Å². The number of pyridine rings is 1. The average molecular weight is 328 g/mol. The summed E-state index contributed by atoms with van der Waals surface area (Å²) in [5, 5.41) is 8.97. The summed E-state index contributed by atoms with van der Waals surface area (Å²) in [6.45, 7) is 7.23. The molecule has 1 fully saturated rings. The van der Waals surface area contributed by atoms with Crippen LogP contribution in [-0.2, 0) is 19.6 Å². The Morgan fingerprint density at radius 1 is 1.12 bits per heavy atom. The quantitative estimate of drug-likeness (QED) is 0.813. The van der Waals surface area contributed by atoms with E-state index in [1.807, 2.05) is 12.4 Å². The second-order valence-corrected chi connectivity index (χ2v) is 6.86. The molecule has 1 aliphatic rings. The van der Waals surface area contributed by atoms with Gasteiger partial charge in [-0.2, -0.15) is 0 Å². The largest absolute Gasteiger partial charge is 0.314 e. The number of hydrogen-bond donors (Lipinski definition) is 0. The van der Waals surface area contributed by atoms with Crippen molar-refractivity contribution in [3.8, 4) is 0 Å². The van der Waals surface area contributed by atoms with Crippen molar-refractivity contribution < 1.29 is 0 Å². The maximum absolute atomic E-state index is 4.53.